The molecule has 1 aromatic heterocycles. The van der Waals surface area contributed by atoms with E-state index in [0.29, 0.717) is 0 Å². The summed E-state index contributed by atoms with van der Waals surface area (Å²) < 4.78 is 6.56. The fraction of sp³-hybridized carbons (Fsp3) is 0. The van der Waals surface area contributed by atoms with Gasteiger partial charge in [-0.2, -0.15) is 0 Å². The van der Waals surface area contributed by atoms with Crippen molar-refractivity contribution in [2.45, 2.75) is 0 Å². The molecule has 9 rings (SSSR count). The van der Waals surface area contributed by atoms with Gasteiger partial charge in [0.15, 0.2) is 0 Å². The second kappa shape index (κ2) is 12.8. The lowest BCUT2D eigenvalue weighted by molar-refractivity contribution is 0.670. The first-order valence-corrected chi connectivity index (χ1v) is 17.0. The number of anilines is 3. The van der Waals surface area contributed by atoms with Crippen LogP contribution < -0.4 is 4.90 Å². The lowest BCUT2D eigenvalue weighted by atomic mass is 9.94. The highest BCUT2D eigenvalue weighted by Crippen LogP contribution is 2.42. The molecule has 0 N–H and O–H groups in total. The van der Waals surface area contributed by atoms with E-state index in [0.717, 1.165) is 55.7 Å². The lowest BCUT2D eigenvalue weighted by Crippen LogP contribution is -2.09. The Morgan fingerprint density at radius 2 is 0.720 bits per heavy atom. The maximum Gasteiger partial charge on any atom is 0.143 e. The minimum absolute atomic E-state index is 0.895. The molecule has 0 saturated heterocycles. The summed E-state index contributed by atoms with van der Waals surface area (Å²) in [6.45, 7) is 0. The SMILES string of the molecule is c1ccc(-c2ccc(-c3cc(-c4ccc(N(c5ccccc5)c5ccc(-c6ccccc6)cc5)cc4)c4oc5ccccc5c4c3)cc2)cc1. The third kappa shape index (κ3) is 5.53. The van der Waals surface area contributed by atoms with Crippen LogP contribution in [-0.4, -0.2) is 0 Å². The van der Waals surface area contributed by atoms with Gasteiger partial charge in [0, 0.05) is 33.4 Å². The van der Waals surface area contributed by atoms with Crippen molar-refractivity contribution in [2.75, 3.05) is 4.90 Å². The van der Waals surface area contributed by atoms with Crippen LogP contribution in [0, 0.1) is 0 Å². The number of hydrogen-bond donors (Lipinski definition) is 0. The number of nitrogens with zero attached hydrogens (tertiary/aromatic N) is 1. The molecule has 1 heterocycles. The molecule has 0 fully saturated rings. The molecule has 0 aliphatic heterocycles. The molecule has 0 bridgehead atoms. The topological polar surface area (TPSA) is 16.4 Å². The molecule has 2 nitrogen and oxygen atoms in total. The Morgan fingerprint density at radius 3 is 1.30 bits per heavy atom. The van der Waals surface area contributed by atoms with Crippen LogP contribution in [-0.2, 0) is 0 Å². The third-order valence-corrected chi connectivity index (χ3v) is 9.49. The highest BCUT2D eigenvalue weighted by Gasteiger charge is 2.17. The predicted octanol–water partition coefficient (Wildman–Crippen LogP) is 13.7. The average molecular weight is 640 g/mol. The van der Waals surface area contributed by atoms with E-state index in [4.69, 9.17) is 4.42 Å². The van der Waals surface area contributed by atoms with Crippen molar-refractivity contribution in [3.8, 4) is 44.5 Å². The summed E-state index contributed by atoms with van der Waals surface area (Å²) in [6.07, 6.45) is 0. The van der Waals surface area contributed by atoms with Crippen LogP contribution in [0.4, 0.5) is 17.1 Å². The molecule has 0 radical (unpaired) electrons. The molecule has 0 aliphatic rings. The molecule has 0 amide bonds. The first-order valence-electron chi connectivity index (χ1n) is 17.0. The van der Waals surface area contributed by atoms with Gasteiger partial charge in [-0.1, -0.05) is 146 Å². The summed E-state index contributed by atoms with van der Waals surface area (Å²) in [5, 5.41) is 2.24. The molecular weight excluding hydrogens is 607 g/mol. The van der Waals surface area contributed by atoms with E-state index in [1.54, 1.807) is 0 Å². The average Bonchev–Trinajstić information content (AvgIpc) is 3.58. The molecule has 0 atom stereocenters. The predicted molar refractivity (Wildman–Crippen MR) is 210 cm³/mol. The zero-order valence-corrected chi connectivity index (χ0v) is 27.4. The van der Waals surface area contributed by atoms with E-state index in [1.807, 2.05) is 6.07 Å². The van der Waals surface area contributed by atoms with Gasteiger partial charge in [0.2, 0.25) is 0 Å². The Balaban J connectivity index is 1.13. The first-order chi connectivity index (χ1) is 24.8. The Bertz CT molecular complexity index is 2530. The summed E-state index contributed by atoms with van der Waals surface area (Å²) in [6, 6.07) is 71.0. The number of para-hydroxylation sites is 2. The molecule has 0 unspecified atom stereocenters. The monoisotopic (exact) mass is 639 g/mol. The highest BCUT2D eigenvalue weighted by atomic mass is 16.3. The van der Waals surface area contributed by atoms with E-state index < -0.39 is 0 Å². The summed E-state index contributed by atoms with van der Waals surface area (Å²) >= 11 is 0. The largest absolute Gasteiger partial charge is 0.455 e. The minimum atomic E-state index is 0.895. The quantitative estimate of drug-likeness (QED) is 0.173. The summed E-state index contributed by atoms with van der Waals surface area (Å²) in [7, 11) is 0. The van der Waals surface area contributed by atoms with Gasteiger partial charge in [-0.25, -0.2) is 0 Å². The van der Waals surface area contributed by atoms with Crippen LogP contribution in [0.5, 0.6) is 0 Å². The first kappa shape index (κ1) is 29.5. The number of benzene rings is 8. The molecule has 2 heteroatoms. The van der Waals surface area contributed by atoms with Crippen LogP contribution in [0.3, 0.4) is 0 Å². The second-order valence-corrected chi connectivity index (χ2v) is 12.6. The van der Waals surface area contributed by atoms with Gasteiger partial charge in [0.1, 0.15) is 11.2 Å². The van der Waals surface area contributed by atoms with Crippen molar-refractivity contribution in [3.63, 3.8) is 0 Å². The van der Waals surface area contributed by atoms with Gasteiger partial charge >= 0.3 is 0 Å². The molecule has 50 heavy (non-hydrogen) atoms. The Kier molecular flexibility index (Phi) is 7.53. The molecular formula is C48H33NO. The fourth-order valence-electron chi connectivity index (χ4n) is 6.94. The highest BCUT2D eigenvalue weighted by molar-refractivity contribution is 6.11. The molecule has 0 spiro atoms. The Hall–Kier alpha value is -6.64. The summed E-state index contributed by atoms with van der Waals surface area (Å²) in [5.74, 6) is 0. The fourth-order valence-corrected chi connectivity index (χ4v) is 6.94. The van der Waals surface area contributed by atoms with Gasteiger partial charge < -0.3 is 9.32 Å². The van der Waals surface area contributed by atoms with Crippen molar-refractivity contribution in [1.29, 1.82) is 0 Å². The number of furan rings is 1. The van der Waals surface area contributed by atoms with Crippen molar-refractivity contribution >= 4 is 39.0 Å². The standard InChI is InChI=1S/C48H33NO/c1-4-12-34(13-5-1)36-20-22-38(23-21-36)40-32-45(48-46(33-40)44-18-10-11-19-47(44)50-48)39-26-30-43(31-27-39)49(41-16-8-3-9-17-41)42-28-24-37(25-29-42)35-14-6-2-7-15-35/h1-33H. The zero-order valence-electron chi connectivity index (χ0n) is 27.4. The molecule has 236 valence electrons. The lowest BCUT2D eigenvalue weighted by Gasteiger charge is -2.26. The summed E-state index contributed by atoms with van der Waals surface area (Å²) in [5.41, 5.74) is 14.4. The maximum atomic E-state index is 6.56. The number of rotatable bonds is 7. The third-order valence-electron chi connectivity index (χ3n) is 9.49. The molecule has 8 aromatic carbocycles. The maximum absolute atomic E-state index is 6.56. The minimum Gasteiger partial charge on any atom is -0.455 e. The van der Waals surface area contributed by atoms with E-state index in [1.165, 1.54) is 27.8 Å². The Morgan fingerprint density at radius 1 is 0.300 bits per heavy atom. The molecule has 0 aliphatic carbocycles. The van der Waals surface area contributed by atoms with Crippen LogP contribution in [0.25, 0.3) is 66.4 Å². The van der Waals surface area contributed by atoms with Crippen molar-refractivity contribution in [3.05, 3.63) is 200 Å². The number of fused-ring (bicyclic) bond motifs is 3. The smallest absolute Gasteiger partial charge is 0.143 e. The Labute approximate surface area is 292 Å². The van der Waals surface area contributed by atoms with Crippen LogP contribution >= 0.6 is 0 Å². The zero-order chi connectivity index (χ0) is 33.3. The van der Waals surface area contributed by atoms with Gasteiger partial charge in [0.25, 0.3) is 0 Å². The molecule has 9 aromatic rings. The summed E-state index contributed by atoms with van der Waals surface area (Å²) in [4.78, 5) is 2.31. The van der Waals surface area contributed by atoms with Gasteiger partial charge in [-0.05, 0) is 93.5 Å². The van der Waals surface area contributed by atoms with Crippen molar-refractivity contribution in [1.82, 2.24) is 0 Å². The van der Waals surface area contributed by atoms with Gasteiger partial charge in [0.05, 0.1) is 0 Å². The van der Waals surface area contributed by atoms with E-state index >= 15 is 0 Å². The van der Waals surface area contributed by atoms with Crippen LogP contribution in [0.1, 0.15) is 0 Å². The van der Waals surface area contributed by atoms with Crippen LogP contribution in [0.2, 0.25) is 0 Å². The van der Waals surface area contributed by atoms with Crippen molar-refractivity contribution in [2.24, 2.45) is 0 Å². The van der Waals surface area contributed by atoms with Gasteiger partial charge in [-0.15, -0.1) is 0 Å². The second-order valence-electron chi connectivity index (χ2n) is 12.6. The number of hydrogen-bond acceptors (Lipinski definition) is 2. The molecule has 0 saturated carbocycles. The van der Waals surface area contributed by atoms with E-state index in [2.05, 4.69) is 199 Å². The van der Waals surface area contributed by atoms with E-state index in [9.17, 15) is 0 Å². The normalized spacial score (nSPS) is 11.2. The van der Waals surface area contributed by atoms with E-state index in [-0.39, 0.29) is 0 Å². The van der Waals surface area contributed by atoms with Crippen molar-refractivity contribution < 1.29 is 4.42 Å². The van der Waals surface area contributed by atoms with Gasteiger partial charge in [-0.3, -0.25) is 0 Å². The van der Waals surface area contributed by atoms with Crippen LogP contribution in [0.15, 0.2) is 205 Å².